The number of likely N-dealkylation sites (N-methyl/N-ethyl adjacent to an activating group) is 1. The van der Waals surface area contributed by atoms with Crippen LogP contribution in [0.15, 0.2) is 72.9 Å². The van der Waals surface area contributed by atoms with Crippen LogP contribution in [0.4, 0.5) is 5.82 Å². The van der Waals surface area contributed by atoms with Crippen LogP contribution in [-0.4, -0.2) is 46.6 Å². The van der Waals surface area contributed by atoms with Crippen molar-refractivity contribution >= 4 is 11.8 Å². The number of carboxylic acids is 1. The molecule has 31 heavy (non-hydrogen) atoms. The number of carbonyl (C=O) groups is 1. The fourth-order valence-corrected chi connectivity index (χ4v) is 4.12. The van der Waals surface area contributed by atoms with E-state index in [0.717, 1.165) is 49.7 Å². The third-order valence-electron chi connectivity index (χ3n) is 5.72. The number of aromatic nitrogens is 1. The molecule has 6 nitrogen and oxygen atoms in total. The predicted molar refractivity (Wildman–Crippen MR) is 121 cm³/mol. The number of hydrogen-bond acceptors (Lipinski definition) is 5. The van der Waals surface area contributed by atoms with Crippen molar-refractivity contribution in [3.05, 3.63) is 84.1 Å². The molecule has 1 N–H and O–H groups in total. The number of carboxylic acid groups (broad SMARTS) is 1. The molecule has 2 aromatic carbocycles. The van der Waals surface area contributed by atoms with E-state index in [1.807, 2.05) is 48.5 Å². The van der Waals surface area contributed by atoms with Crippen LogP contribution in [0.2, 0.25) is 0 Å². The van der Waals surface area contributed by atoms with E-state index in [4.69, 9.17) is 4.74 Å². The molecule has 3 aromatic rings. The van der Waals surface area contributed by atoms with E-state index in [9.17, 15) is 9.90 Å². The minimum atomic E-state index is -0.939. The van der Waals surface area contributed by atoms with E-state index in [0.29, 0.717) is 11.9 Å². The van der Waals surface area contributed by atoms with Gasteiger partial charge < -0.3 is 14.7 Å². The maximum Gasteiger partial charge on any atom is 0.339 e. The van der Waals surface area contributed by atoms with Crippen LogP contribution in [0.1, 0.15) is 29.3 Å². The fourth-order valence-electron chi connectivity index (χ4n) is 4.12. The molecule has 2 heterocycles. The second kappa shape index (κ2) is 9.62. The number of benzene rings is 2. The van der Waals surface area contributed by atoms with E-state index in [1.54, 1.807) is 18.3 Å². The highest BCUT2D eigenvalue weighted by molar-refractivity contribution is 5.93. The minimum Gasteiger partial charge on any atom is -0.478 e. The zero-order valence-corrected chi connectivity index (χ0v) is 17.6. The molecule has 1 aliphatic rings. The number of para-hydroxylation sites is 2. The summed E-state index contributed by atoms with van der Waals surface area (Å²) in [5.74, 6) is 1.30. The summed E-state index contributed by atoms with van der Waals surface area (Å²) in [6, 6.07) is 21.6. The van der Waals surface area contributed by atoms with Crippen LogP contribution in [-0.2, 0) is 6.54 Å². The molecular weight excluding hydrogens is 390 g/mol. The fraction of sp³-hybridized carbons (Fsp3) is 0.280. The zero-order chi connectivity index (χ0) is 21.6. The number of rotatable bonds is 8. The summed E-state index contributed by atoms with van der Waals surface area (Å²) in [6.07, 6.45) is 2.62. The highest BCUT2D eigenvalue weighted by Crippen LogP contribution is 2.29. The van der Waals surface area contributed by atoms with Crippen molar-refractivity contribution < 1.29 is 14.6 Å². The lowest BCUT2D eigenvalue weighted by molar-refractivity contribution is 0.0697. The molecule has 6 heteroatoms. The Balaban J connectivity index is 1.48. The van der Waals surface area contributed by atoms with Crippen LogP contribution in [0, 0.1) is 0 Å². The average Bonchev–Trinajstić information content (AvgIpc) is 3.29. The van der Waals surface area contributed by atoms with Crippen molar-refractivity contribution in [2.45, 2.75) is 25.9 Å². The number of aromatic carboxylic acids is 1. The molecule has 1 atom stereocenters. The third-order valence-corrected chi connectivity index (χ3v) is 5.72. The number of nitrogens with zero attached hydrogens (tertiary/aromatic N) is 3. The van der Waals surface area contributed by atoms with Crippen LogP contribution in [0.5, 0.6) is 11.5 Å². The number of hydrogen-bond donors (Lipinski definition) is 1. The van der Waals surface area contributed by atoms with Gasteiger partial charge >= 0.3 is 5.97 Å². The Morgan fingerprint density at radius 3 is 2.68 bits per heavy atom. The van der Waals surface area contributed by atoms with Crippen LogP contribution in [0.3, 0.4) is 0 Å². The zero-order valence-electron chi connectivity index (χ0n) is 17.6. The first kappa shape index (κ1) is 20.9. The summed E-state index contributed by atoms with van der Waals surface area (Å²) in [6.45, 7) is 5.37. The molecule has 0 bridgehead atoms. The first-order chi connectivity index (χ1) is 15.2. The first-order valence-electron chi connectivity index (χ1n) is 10.6. The quantitative estimate of drug-likeness (QED) is 0.574. The van der Waals surface area contributed by atoms with Gasteiger partial charge in [-0.25, -0.2) is 9.78 Å². The highest BCUT2D eigenvalue weighted by Gasteiger charge is 2.30. The van der Waals surface area contributed by atoms with Gasteiger partial charge in [0.25, 0.3) is 0 Å². The van der Waals surface area contributed by atoms with E-state index in [2.05, 4.69) is 27.8 Å². The van der Waals surface area contributed by atoms with Crippen LogP contribution in [0.25, 0.3) is 0 Å². The number of pyridine rings is 1. The molecule has 1 saturated heterocycles. The average molecular weight is 418 g/mol. The van der Waals surface area contributed by atoms with E-state index in [-0.39, 0.29) is 5.56 Å². The molecule has 0 amide bonds. The van der Waals surface area contributed by atoms with Crippen molar-refractivity contribution in [3.63, 3.8) is 0 Å². The molecule has 0 unspecified atom stereocenters. The summed E-state index contributed by atoms with van der Waals surface area (Å²) in [5, 5.41) is 9.50. The van der Waals surface area contributed by atoms with E-state index >= 15 is 0 Å². The summed E-state index contributed by atoms with van der Waals surface area (Å²) < 4.78 is 6.14. The maximum absolute atomic E-state index is 11.6. The van der Waals surface area contributed by atoms with Crippen LogP contribution >= 0.6 is 0 Å². The molecule has 0 spiro atoms. The first-order valence-corrected chi connectivity index (χ1v) is 10.6. The predicted octanol–water partition coefficient (Wildman–Crippen LogP) is 4.67. The normalized spacial score (nSPS) is 15.9. The van der Waals surface area contributed by atoms with Gasteiger partial charge in [0.05, 0.1) is 0 Å². The molecule has 0 radical (unpaired) electrons. The van der Waals surface area contributed by atoms with Crippen molar-refractivity contribution in [2.75, 3.05) is 24.5 Å². The SMILES string of the molecule is CCN(Cc1ccccc1Oc1ccccc1)[C@H]1CCN(c2ncccc2C(=O)O)C1. The van der Waals surface area contributed by atoms with E-state index in [1.165, 1.54) is 0 Å². The summed E-state index contributed by atoms with van der Waals surface area (Å²) in [5.41, 5.74) is 1.39. The van der Waals surface area contributed by atoms with Gasteiger partial charge in [0.15, 0.2) is 0 Å². The highest BCUT2D eigenvalue weighted by atomic mass is 16.5. The lowest BCUT2D eigenvalue weighted by Gasteiger charge is -2.28. The Labute approximate surface area is 182 Å². The lowest BCUT2D eigenvalue weighted by atomic mass is 10.1. The lowest BCUT2D eigenvalue weighted by Crippen LogP contribution is -2.37. The minimum absolute atomic E-state index is 0.257. The standard InChI is InChI=1S/C25H27N3O3/c1-2-27(17-19-9-6-7-13-23(19)31-21-10-4-3-5-11-21)20-14-16-28(18-20)24-22(25(29)30)12-8-15-26-24/h3-13,15,20H,2,14,16-18H2,1H3,(H,29,30)/t20-/m0/s1. The van der Waals surface area contributed by atoms with Gasteiger partial charge in [-0.2, -0.15) is 0 Å². The maximum atomic E-state index is 11.6. The second-order valence-electron chi connectivity index (χ2n) is 7.65. The molecule has 4 rings (SSSR count). The molecule has 0 saturated carbocycles. The number of ether oxygens (including phenoxy) is 1. The van der Waals surface area contributed by atoms with Crippen molar-refractivity contribution in [3.8, 4) is 11.5 Å². The van der Waals surface area contributed by atoms with Gasteiger partial charge in [0.1, 0.15) is 22.9 Å². The Morgan fingerprint density at radius 1 is 1.13 bits per heavy atom. The summed E-state index contributed by atoms with van der Waals surface area (Å²) >= 11 is 0. The molecule has 1 aliphatic heterocycles. The van der Waals surface area contributed by atoms with Gasteiger partial charge in [-0.05, 0) is 43.3 Å². The Morgan fingerprint density at radius 2 is 1.90 bits per heavy atom. The Kier molecular flexibility index (Phi) is 6.48. The summed E-state index contributed by atoms with van der Waals surface area (Å²) in [4.78, 5) is 20.5. The summed E-state index contributed by atoms with van der Waals surface area (Å²) in [7, 11) is 0. The van der Waals surface area contributed by atoms with E-state index < -0.39 is 5.97 Å². The van der Waals surface area contributed by atoms with Gasteiger partial charge in [-0.3, -0.25) is 4.90 Å². The smallest absolute Gasteiger partial charge is 0.339 e. The van der Waals surface area contributed by atoms with Crippen molar-refractivity contribution in [2.24, 2.45) is 0 Å². The van der Waals surface area contributed by atoms with Gasteiger partial charge in [0, 0.05) is 37.4 Å². The second-order valence-corrected chi connectivity index (χ2v) is 7.65. The molecular formula is C25H27N3O3. The van der Waals surface area contributed by atoms with Gasteiger partial charge in [-0.15, -0.1) is 0 Å². The molecule has 0 aliphatic carbocycles. The largest absolute Gasteiger partial charge is 0.478 e. The molecule has 1 fully saturated rings. The Hall–Kier alpha value is -3.38. The monoisotopic (exact) mass is 417 g/mol. The topological polar surface area (TPSA) is 65.9 Å². The molecule has 1 aromatic heterocycles. The van der Waals surface area contributed by atoms with Crippen molar-refractivity contribution in [1.29, 1.82) is 0 Å². The van der Waals surface area contributed by atoms with Crippen LogP contribution < -0.4 is 9.64 Å². The van der Waals surface area contributed by atoms with Gasteiger partial charge in [-0.1, -0.05) is 43.3 Å². The number of anilines is 1. The Bertz CT molecular complexity index is 1030. The third kappa shape index (κ3) is 4.86. The van der Waals surface area contributed by atoms with Crippen molar-refractivity contribution in [1.82, 2.24) is 9.88 Å². The van der Waals surface area contributed by atoms with Gasteiger partial charge in [0.2, 0.25) is 0 Å². The molecule has 160 valence electrons.